The summed E-state index contributed by atoms with van der Waals surface area (Å²) in [5.74, 6) is -0.207. The second kappa shape index (κ2) is 6.12. The molecule has 0 fully saturated rings. The van der Waals surface area contributed by atoms with Crippen LogP contribution >= 0.6 is 15.9 Å². The Kier molecular flexibility index (Phi) is 4.22. The van der Waals surface area contributed by atoms with E-state index in [0.29, 0.717) is 6.54 Å². The van der Waals surface area contributed by atoms with E-state index in [9.17, 15) is 8.78 Å². The summed E-state index contributed by atoms with van der Waals surface area (Å²) in [7, 11) is 0. The Morgan fingerprint density at radius 1 is 1.19 bits per heavy atom. The van der Waals surface area contributed by atoms with Gasteiger partial charge in [0.25, 0.3) is 0 Å². The Bertz CT molecular complexity index is 638. The lowest BCUT2D eigenvalue weighted by atomic mass is 10.1. The van der Waals surface area contributed by atoms with Gasteiger partial charge < -0.3 is 10.1 Å². The highest BCUT2D eigenvalue weighted by molar-refractivity contribution is 9.10. The number of benzene rings is 2. The summed E-state index contributed by atoms with van der Waals surface area (Å²) in [4.78, 5) is 0. The zero-order valence-electron chi connectivity index (χ0n) is 11.2. The number of fused-ring (bicyclic) bond motifs is 1. The molecule has 0 radical (unpaired) electrons. The maximum Gasteiger partial charge on any atom is 0.144 e. The molecule has 1 atom stereocenters. The van der Waals surface area contributed by atoms with Crippen molar-refractivity contribution in [2.45, 2.75) is 19.1 Å². The fraction of sp³-hybridized carbons (Fsp3) is 0.250. The molecule has 0 aromatic heterocycles. The van der Waals surface area contributed by atoms with E-state index in [1.165, 1.54) is 17.7 Å². The van der Waals surface area contributed by atoms with Crippen molar-refractivity contribution in [3.05, 3.63) is 63.6 Å². The Hall–Kier alpha value is -1.46. The van der Waals surface area contributed by atoms with Crippen molar-refractivity contribution in [3.8, 4) is 5.75 Å². The number of para-hydroxylation sites is 1. The predicted molar refractivity (Wildman–Crippen MR) is 80.3 cm³/mol. The lowest BCUT2D eigenvalue weighted by Gasteiger charge is -2.13. The molecule has 1 heterocycles. The predicted octanol–water partition coefficient (Wildman–Crippen LogP) is 3.82. The van der Waals surface area contributed by atoms with Gasteiger partial charge in [-0.15, -0.1) is 0 Å². The van der Waals surface area contributed by atoms with Gasteiger partial charge in [-0.3, -0.25) is 0 Å². The number of hydrogen-bond donors (Lipinski definition) is 1. The van der Waals surface area contributed by atoms with E-state index in [0.717, 1.165) is 12.2 Å². The molecule has 1 aliphatic heterocycles. The molecule has 0 saturated heterocycles. The first-order valence-corrected chi connectivity index (χ1v) is 7.52. The fourth-order valence-electron chi connectivity index (χ4n) is 2.46. The van der Waals surface area contributed by atoms with E-state index in [2.05, 4.69) is 21.2 Å². The van der Waals surface area contributed by atoms with Crippen LogP contribution in [0.3, 0.4) is 0 Å². The summed E-state index contributed by atoms with van der Waals surface area (Å²) in [6.07, 6.45) is 0.813. The minimum Gasteiger partial charge on any atom is -0.488 e. The minimum atomic E-state index is -0.557. The molecule has 0 amide bonds. The van der Waals surface area contributed by atoms with Gasteiger partial charge in [-0.1, -0.05) is 18.2 Å². The summed E-state index contributed by atoms with van der Waals surface area (Å²) >= 11 is 3.06. The molecule has 0 saturated carbocycles. The molecule has 2 aromatic rings. The molecule has 21 heavy (non-hydrogen) atoms. The number of halogens is 3. The largest absolute Gasteiger partial charge is 0.488 e. The first-order chi connectivity index (χ1) is 10.1. The quantitative estimate of drug-likeness (QED) is 0.843. The van der Waals surface area contributed by atoms with Gasteiger partial charge in [0, 0.05) is 25.1 Å². The van der Waals surface area contributed by atoms with Gasteiger partial charge in [-0.25, -0.2) is 8.78 Å². The zero-order valence-corrected chi connectivity index (χ0v) is 12.8. The van der Waals surface area contributed by atoms with Crippen LogP contribution in [0, 0.1) is 11.6 Å². The molecule has 0 aliphatic carbocycles. The van der Waals surface area contributed by atoms with Crippen molar-refractivity contribution in [2.75, 3.05) is 6.54 Å². The third-order valence-corrected chi connectivity index (χ3v) is 4.14. The molecule has 5 heteroatoms. The van der Waals surface area contributed by atoms with Crippen LogP contribution in [-0.2, 0) is 13.0 Å². The van der Waals surface area contributed by atoms with Crippen LogP contribution in [0.15, 0.2) is 40.9 Å². The van der Waals surface area contributed by atoms with Crippen LogP contribution in [0.2, 0.25) is 0 Å². The lowest BCUT2D eigenvalue weighted by molar-refractivity contribution is 0.227. The Labute approximate surface area is 130 Å². The van der Waals surface area contributed by atoms with Gasteiger partial charge in [0.2, 0.25) is 0 Å². The Balaban J connectivity index is 1.58. The van der Waals surface area contributed by atoms with Gasteiger partial charge in [0.15, 0.2) is 0 Å². The highest BCUT2D eigenvalue weighted by atomic mass is 79.9. The number of nitrogens with one attached hydrogen (secondary N) is 1. The third kappa shape index (κ3) is 3.09. The second-order valence-electron chi connectivity index (χ2n) is 5.00. The van der Waals surface area contributed by atoms with Crippen molar-refractivity contribution in [3.63, 3.8) is 0 Å². The van der Waals surface area contributed by atoms with Gasteiger partial charge in [-0.2, -0.15) is 0 Å². The topological polar surface area (TPSA) is 21.3 Å². The summed E-state index contributed by atoms with van der Waals surface area (Å²) in [5.41, 5.74) is 1.21. The number of ether oxygens (including phenoxy) is 1. The first-order valence-electron chi connectivity index (χ1n) is 6.73. The van der Waals surface area contributed by atoms with Crippen LogP contribution in [0.4, 0.5) is 8.78 Å². The first kappa shape index (κ1) is 14.5. The Morgan fingerprint density at radius 3 is 2.81 bits per heavy atom. The van der Waals surface area contributed by atoms with Crippen molar-refractivity contribution >= 4 is 15.9 Å². The van der Waals surface area contributed by atoms with Crippen molar-refractivity contribution in [2.24, 2.45) is 0 Å². The van der Waals surface area contributed by atoms with Gasteiger partial charge in [0.1, 0.15) is 23.5 Å². The molecule has 0 spiro atoms. The van der Waals surface area contributed by atoms with Crippen LogP contribution in [0.1, 0.15) is 11.1 Å². The molecule has 2 aromatic carbocycles. The standard InChI is InChI=1S/C16H14BrF2NO/c17-13-5-6-14(18)12(16(13)19)9-20-8-11-7-10-3-1-2-4-15(10)21-11/h1-6,11,20H,7-9H2. The highest BCUT2D eigenvalue weighted by Crippen LogP contribution is 2.28. The number of hydrogen-bond acceptors (Lipinski definition) is 2. The van der Waals surface area contributed by atoms with Crippen molar-refractivity contribution < 1.29 is 13.5 Å². The molecular formula is C16H14BrF2NO. The third-order valence-electron chi connectivity index (χ3n) is 3.53. The molecule has 0 bridgehead atoms. The van der Waals surface area contributed by atoms with Crippen LogP contribution in [0.5, 0.6) is 5.75 Å². The smallest absolute Gasteiger partial charge is 0.144 e. The van der Waals surface area contributed by atoms with Crippen LogP contribution < -0.4 is 10.1 Å². The van der Waals surface area contributed by atoms with E-state index in [4.69, 9.17) is 4.74 Å². The van der Waals surface area contributed by atoms with E-state index in [-0.39, 0.29) is 22.7 Å². The number of rotatable bonds is 4. The van der Waals surface area contributed by atoms with Gasteiger partial charge in [-0.05, 0) is 39.7 Å². The summed E-state index contributed by atoms with van der Waals surface area (Å²) in [5, 5.41) is 3.06. The lowest BCUT2D eigenvalue weighted by Crippen LogP contribution is -2.30. The fourth-order valence-corrected chi connectivity index (χ4v) is 2.83. The molecule has 3 rings (SSSR count). The summed E-state index contributed by atoms with van der Waals surface area (Å²) in [6, 6.07) is 10.5. The normalized spacial score (nSPS) is 16.6. The molecule has 110 valence electrons. The Morgan fingerprint density at radius 2 is 2.00 bits per heavy atom. The SMILES string of the molecule is Fc1ccc(Br)c(F)c1CNCC1Cc2ccccc2O1. The zero-order chi connectivity index (χ0) is 14.8. The minimum absolute atomic E-state index is 0.000625. The molecular weight excluding hydrogens is 340 g/mol. The van der Waals surface area contributed by atoms with Gasteiger partial charge >= 0.3 is 0 Å². The van der Waals surface area contributed by atoms with Crippen LogP contribution in [-0.4, -0.2) is 12.6 Å². The maximum atomic E-state index is 13.8. The van der Waals surface area contributed by atoms with Crippen molar-refractivity contribution in [1.29, 1.82) is 0 Å². The average molecular weight is 354 g/mol. The van der Waals surface area contributed by atoms with Crippen molar-refractivity contribution in [1.82, 2.24) is 5.32 Å². The molecule has 1 unspecified atom stereocenters. The summed E-state index contributed by atoms with van der Waals surface area (Å²) in [6.45, 7) is 0.674. The van der Waals surface area contributed by atoms with Crippen LogP contribution in [0.25, 0.3) is 0 Å². The van der Waals surface area contributed by atoms with Gasteiger partial charge in [0.05, 0.1) is 4.47 Å². The molecule has 2 nitrogen and oxygen atoms in total. The monoisotopic (exact) mass is 353 g/mol. The van der Waals surface area contributed by atoms with E-state index in [1.807, 2.05) is 24.3 Å². The van der Waals surface area contributed by atoms with E-state index in [1.54, 1.807) is 0 Å². The molecule has 1 N–H and O–H groups in total. The summed E-state index contributed by atoms with van der Waals surface area (Å²) < 4.78 is 33.5. The highest BCUT2D eigenvalue weighted by Gasteiger charge is 2.22. The second-order valence-corrected chi connectivity index (χ2v) is 5.86. The molecule has 1 aliphatic rings. The van der Waals surface area contributed by atoms with E-state index >= 15 is 0 Å². The maximum absolute atomic E-state index is 13.8. The average Bonchev–Trinajstić information content (AvgIpc) is 2.89. The van der Waals surface area contributed by atoms with E-state index < -0.39 is 11.6 Å².